The molecule has 0 aliphatic carbocycles. The van der Waals surface area contributed by atoms with Gasteiger partial charge in [0.2, 0.25) is 0 Å². The van der Waals surface area contributed by atoms with Gasteiger partial charge in [-0.15, -0.1) is 0 Å². The number of hydrogen-bond donors (Lipinski definition) is 1. The van der Waals surface area contributed by atoms with Gasteiger partial charge in [0.1, 0.15) is 0 Å². The molecule has 1 saturated heterocycles. The summed E-state index contributed by atoms with van der Waals surface area (Å²) in [5, 5.41) is 0. The Balaban J connectivity index is 2.21. The molecule has 2 rings (SSSR count). The molecule has 0 radical (unpaired) electrons. The summed E-state index contributed by atoms with van der Waals surface area (Å²) in [6.07, 6.45) is 1.08. The molecule has 1 aromatic rings. The molecule has 1 heterocycles. The predicted octanol–water partition coefficient (Wildman–Crippen LogP) is 2.40. The normalized spacial score (nSPS) is 17.9. The van der Waals surface area contributed by atoms with Crippen LogP contribution in [0, 0.1) is 5.41 Å². The minimum atomic E-state index is 0.157. The van der Waals surface area contributed by atoms with E-state index in [4.69, 9.17) is 10.5 Å². The second-order valence-corrected chi connectivity index (χ2v) is 6.76. The van der Waals surface area contributed by atoms with E-state index in [0.717, 1.165) is 19.6 Å². The molecule has 19 heavy (non-hydrogen) atoms. The zero-order valence-electron chi connectivity index (χ0n) is 12.6. The maximum atomic E-state index is 5.89. The number of rotatable bonds is 5. The topological polar surface area (TPSA) is 38.5 Å². The average molecular weight is 262 g/mol. The summed E-state index contributed by atoms with van der Waals surface area (Å²) in [6.45, 7) is 6.82. The molecule has 2 N–H and O–H groups in total. The largest absolute Gasteiger partial charge is 0.379 e. The molecular weight excluding hydrogens is 236 g/mol. The van der Waals surface area contributed by atoms with Crippen LogP contribution >= 0.6 is 0 Å². The van der Waals surface area contributed by atoms with Gasteiger partial charge >= 0.3 is 0 Å². The van der Waals surface area contributed by atoms with Crippen molar-refractivity contribution in [2.45, 2.75) is 25.7 Å². The van der Waals surface area contributed by atoms with Crippen molar-refractivity contribution in [3.63, 3.8) is 0 Å². The molecule has 0 aromatic heterocycles. The lowest BCUT2D eigenvalue weighted by Crippen LogP contribution is -2.50. The minimum absolute atomic E-state index is 0.157. The summed E-state index contributed by atoms with van der Waals surface area (Å²) in [4.78, 5) is 2.12. The van der Waals surface area contributed by atoms with Gasteiger partial charge in [0.15, 0.2) is 0 Å². The monoisotopic (exact) mass is 262 g/mol. The lowest BCUT2D eigenvalue weighted by atomic mass is 9.67. The second-order valence-electron chi connectivity index (χ2n) is 6.76. The minimum Gasteiger partial charge on any atom is -0.379 e. The molecule has 0 amide bonds. The van der Waals surface area contributed by atoms with Crippen molar-refractivity contribution in [1.82, 2.24) is 0 Å². The van der Waals surface area contributed by atoms with Crippen LogP contribution < -0.4 is 10.6 Å². The Labute approximate surface area is 116 Å². The van der Waals surface area contributed by atoms with Crippen molar-refractivity contribution in [1.29, 1.82) is 0 Å². The molecular formula is C16H26N2O. The van der Waals surface area contributed by atoms with Crippen molar-refractivity contribution in [3.05, 3.63) is 29.8 Å². The highest BCUT2D eigenvalue weighted by Crippen LogP contribution is 2.42. The van der Waals surface area contributed by atoms with E-state index in [0.29, 0.717) is 6.54 Å². The summed E-state index contributed by atoms with van der Waals surface area (Å²) in [5.41, 5.74) is 8.82. The quantitative estimate of drug-likeness (QED) is 0.885. The molecule has 0 atom stereocenters. The predicted molar refractivity (Wildman–Crippen MR) is 80.7 cm³/mol. The van der Waals surface area contributed by atoms with E-state index >= 15 is 0 Å². The molecule has 0 spiro atoms. The third kappa shape index (κ3) is 2.93. The summed E-state index contributed by atoms with van der Waals surface area (Å²) >= 11 is 0. The van der Waals surface area contributed by atoms with Gasteiger partial charge in [-0.3, -0.25) is 0 Å². The molecule has 0 saturated carbocycles. The van der Waals surface area contributed by atoms with Gasteiger partial charge in [-0.25, -0.2) is 0 Å². The number of nitrogens with zero attached hydrogens (tertiary/aromatic N) is 1. The van der Waals surface area contributed by atoms with Gasteiger partial charge in [0.25, 0.3) is 0 Å². The first-order chi connectivity index (χ1) is 8.88. The van der Waals surface area contributed by atoms with Crippen LogP contribution in [0.4, 0.5) is 5.69 Å². The van der Waals surface area contributed by atoms with Gasteiger partial charge in [0, 0.05) is 25.2 Å². The van der Waals surface area contributed by atoms with Crippen molar-refractivity contribution in [2.75, 3.05) is 38.8 Å². The number of hydrogen-bond acceptors (Lipinski definition) is 3. The maximum absolute atomic E-state index is 5.89. The SMILES string of the molecule is CN(C)c1ccc(C2(CC(C)(C)CN)COC2)cc1. The lowest BCUT2D eigenvalue weighted by molar-refractivity contribution is -0.0786. The number of anilines is 1. The Kier molecular flexibility index (Phi) is 3.88. The van der Waals surface area contributed by atoms with E-state index in [2.05, 4.69) is 57.1 Å². The van der Waals surface area contributed by atoms with Crippen LogP contribution in [-0.4, -0.2) is 33.9 Å². The number of ether oxygens (including phenoxy) is 1. The number of nitrogens with two attached hydrogens (primary N) is 1. The van der Waals surface area contributed by atoms with Gasteiger partial charge in [-0.2, -0.15) is 0 Å². The van der Waals surface area contributed by atoms with Crippen LogP contribution in [-0.2, 0) is 10.2 Å². The van der Waals surface area contributed by atoms with E-state index in [1.54, 1.807) is 0 Å². The van der Waals surface area contributed by atoms with Crippen LogP contribution in [0.3, 0.4) is 0 Å². The highest BCUT2D eigenvalue weighted by Gasteiger charge is 2.43. The average Bonchev–Trinajstić information content (AvgIpc) is 2.34. The van der Waals surface area contributed by atoms with Crippen LogP contribution in [0.5, 0.6) is 0 Å². The molecule has 1 aromatic carbocycles. The van der Waals surface area contributed by atoms with Gasteiger partial charge in [-0.1, -0.05) is 26.0 Å². The first-order valence-corrected chi connectivity index (χ1v) is 6.94. The van der Waals surface area contributed by atoms with Crippen molar-refractivity contribution >= 4 is 5.69 Å². The second kappa shape index (κ2) is 5.14. The zero-order valence-corrected chi connectivity index (χ0v) is 12.6. The fourth-order valence-corrected chi connectivity index (χ4v) is 2.82. The van der Waals surface area contributed by atoms with Crippen molar-refractivity contribution in [2.24, 2.45) is 11.1 Å². The third-order valence-electron chi connectivity index (χ3n) is 4.12. The van der Waals surface area contributed by atoms with E-state index in [9.17, 15) is 0 Å². The van der Waals surface area contributed by atoms with E-state index in [-0.39, 0.29) is 10.8 Å². The van der Waals surface area contributed by atoms with Crippen LogP contribution in [0.2, 0.25) is 0 Å². The van der Waals surface area contributed by atoms with Gasteiger partial charge < -0.3 is 15.4 Å². The maximum Gasteiger partial charge on any atom is 0.0585 e. The molecule has 3 heteroatoms. The molecule has 3 nitrogen and oxygen atoms in total. The molecule has 0 bridgehead atoms. The van der Waals surface area contributed by atoms with E-state index in [1.165, 1.54) is 11.3 Å². The number of benzene rings is 1. The Morgan fingerprint density at radius 2 is 1.79 bits per heavy atom. The Bertz CT molecular complexity index is 419. The van der Waals surface area contributed by atoms with Crippen molar-refractivity contribution in [3.8, 4) is 0 Å². The van der Waals surface area contributed by atoms with Crippen LogP contribution in [0.15, 0.2) is 24.3 Å². The summed E-state index contributed by atoms with van der Waals surface area (Å²) in [6, 6.07) is 8.85. The fourth-order valence-electron chi connectivity index (χ4n) is 2.82. The Morgan fingerprint density at radius 3 is 2.16 bits per heavy atom. The molecule has 1 fully saturated rings. The van der Waals surface area contributed by atoms with Crippen LogP contribution in [0.25, 0.3) is 0 Å². The van der Waals surface area contributed by atoms with Gasteiger partial charge in [-0.05, 0) is 36.1 Å². The third-order valence-corrected chi connectivity index (χ3v) is 4.12. The van der Waals surface area contributed by atoms with Gasteiger partial charge in [0.05, 0.1) is 13.2 Å². The van der Waals surface area contributed by atoms with E-state index in [1.807, 2.05) is 0 Å². The van der Waals surface area contributed by atoms with Crippen LogP contribution in [0.1, 0.15) is 25.8 Å². The fraction of sp³-hybridized carbons (Fsp3) is 0.625. The smallest absolute Gasteiger partial charge is 0.0585 e. The zero-order chi connectivity index (χ0) is 14.1. The molecule has 1 aliphatic rings. The highest BCUT2D eigenvalue weighted by atomic mass is 16.5. The van der Waals surface area contributed by atoms with Crippen molar-refractivity contribution < 1.29 is 4.74 Å². The standard InChI is InChI=1S/C16H26N2O/c1-15(2,10-17)9-16(11-19-12-16)13-5-7-14(8-6-13)18(3)4/h5-8H,9-12,17H2,1-4H3. The summed E-state index contributed by atoms with van der Waals surface area (Å²) in [7, 11) is 4.13. The first kappa shape index (κ1) is 14.4. The highest BCUT2D eigenvalue weighted by molar-refractivity contribution is 5.47. The molecule has 106 valence electrons. The molecule has 0 unspecified atom stereocenters. The molecule has 1 aliphatic heterocycles. The summed E-state index contributed by atoms with van der Waals surface area (Å²) < 4.78 is 5.51. The summed E-state index contributed by atoms with van der Waals surface area (Å²) in [5.74, 6) is 0. The Morgan fingerprint density at radius 1 is 1.21 bits per heavy atom. The van der Waals surface area contributed by atoms with E-state index < -0.39 is 0 Å². The first-order valence-electron chi connectivity index (χ1n) is 6.94. The Hall–Kier alpha value is -1.06. The lowest BCUT2D eigenvalue weighted by Gasteiger charge is -2.46.